The molecule has 0 spiro atoms. The van der Waals surface area contributed by atoms with Crippen LogP contribution < -0.4 is 9.47 Å². The smallest absolute Gasteiger partial charge is 0.389 e. The van der Waals surface area contributed by atoms with Gasteiger partial charge >= 0.3 is 12.2 Å². The summed E-state index contributed by atoms with van der Waals surface area (Å²) in [5.41, 5.74) is 0. The molecule has 0 aliphatic carbocycles. The number of hydroxylamine groups is 4. The van der Waals surface area contributed by atoms with Crippen molar-refractivity contribution in [2.75, 3.05) is 28.3 Å². The molecule has 110 valence electrons. The Morgan fingerprint density at radius 3 is 1.70 bits per heavy atom. The number of amides is 2. The first-order valence-corrected chi connectivity index (χ1v) is 5.29. The summed E-state index contributed by atoms with van der Waals surface area (Å²) in [4.78, 5) is 39.5. The van der Waals surface area contributed by atoms with Crippen LogP contribution >= 0.6 is 0 Å². The van der Waals surface area contributed by atoms with E-state index in [-0.39, 0.29) is 11.8 Å². The number of nitrogens with zero attached hydrogens (tertiary/aromatic N) is 4. The van der Waals surface area contributed by atoms with Crippen molar-refractivity contribution in [2.45, 2.75) is 0 Å². The summed E-state index contributed by atoms with van der Waals surface area (Å²) in [5, 5.41) is 1.71. The number of hydrogen-bond acceptors (Lipinski definition) is 8. The minimum absolute atomic E-state index is 0.100. The second kappa shape index (κ2) is 7.21. The zero-order valence-electron chi connectivity index (χ0n) is 11.4. The van der Waals surface area contributed by atoms with E-state index < -0.39 is 12.2 Å². The van der Waals surface area contributed by atoms with Crippen LogP contribution in [0.25, 0.3) is 0 Å². The second-order valence-electron chi connectivity index (χ2n) is 3.29. The molecule has 0 bridgehead atoms. The molecule has 1 heterocycles. The minimum atomic E-state index is -0.794. The van der Waals surface area contributed by atoms with Crippen molar-refractivity contribution in [3.8, 4) is 11.8 Å². The van der Waals surface area contributed by atoms with Gasteiger partial charge in [0.1, 0.15) is 6.33 Å². The molecular formula is C10H14N4O6. The Balaban J connectivity index is 2.71. The molecule has 0 aliphatic heterocycles. The molecule has 0 N–H and O–H groups in total. The molecule has 1 rings (SSSR count). The standard InChI is InChI=1S/C10H14N4O6/c1-13(17-3)9(15)19-7-5-8(12-6-11-7)20-10(16)14(2)18-4/h5-6H,1-4H3. The van der Waals surface area contributed by atoms with Gasteiger partial charge in [-0.1, -0.05) is 0 Å². The maximum atomic E-state index is 11.4. The van der Waals surface area contributed by atoms with E-state index in [1.165, 1.54) is 34.4 Å². The Morgan fingerprint density at radius 1 is 0.950 bits per heavy atom. The van der Waals surface area contributed by atoms with Gasteiger partial charge in [0.25, 0.3) is 0 Å². The molecule has 0 saturated heterocycles. The van der Waals surface area contributed by atoms with Crippen molar-refractivity contribution in [3.05, 3.63) is 12.4 Å². The van der Waals surface area contributed by atoms with Crippen LogP contribution in [0.5, 0.6) is 11.8 Å². The lowest BCUT2D eigenvalue weighted by atomic mass is 10.6. The van der Waals surface area contributed by atoms with Gasteiger partial charge in [-0.2, -0.15) is 10.1 Å². The summed E-state index contributed by atoms with van der Waals surface area (Å²) in [7, 11) is 5.32. The van der Waals surface area contributed by atoms with Gasteiger partial charge in [0.15, 0.2) is 0 Å². The van der Waals surface area contributed by atoms with E-state index in [0.29, 0.717) is 0 Å². The third-order valence-corrected chi connectivity index (χ3v) is 2.06. The molecule has 1 aromatic rings. The van der Waals surface area contributed by atoms with Crippen LogP contribution in [0.4, 0.5) is 9.59 Å². The van der Waals surface area contributed by atoms with Gasteiger partial charge < -0.3 is 9.47 Å². The zero-order valence-corrected chi connectivity index (χ0v) is 11.4. The average molecular weight is 286 g/mol. The lowest BCUT2D eigenvalue weighted by Crippen LogP contribution is -2.29. The first kappa shape index (κ1) is 15.6. The maximum Gasteiger partial charge on any atom is 0.440 e. The number of carbonyl (C=O) groups excluding carboxylic acids is 2. The predicted octanol–water partition coefficient (Wildman–Crippen LogP) is 0.461. The van der Waals surface area contributed by atoms with Gasteiger partial charge in [-0.05, 0) is 0 Å². The number of ether oxygens (including phenoxy) is 2. The minimum Gasteiger partial charge on any atom is -0.389 e. The predicted molar refractivity (Wildman–Crippen MR) is 63.6 cm³/mol. The van der Waals surface area contributed by atoms with E-state index in [4.69, 9.17) is 9.47 Å². The van der Waals surface area contributed by atoms with Crippen LogP contribution in [0.15, 0.2) is 12.4 Å². The normalized spacial score (nSPS) is 9.80. The fraction of sp³-hybridized carbons (Fsp3) is 0.400. The van der Waals surface area contributed by atoms with Crippen molar-refractivity contribution in [1.29, 1.82) is 0 Å². The zero-order chi connectivity index (χ0) is 15.1. The Morgan fingerprint density at radius 2 is 1.35 bits per heavy atom. The largest absolute Gasteiger partial charge is 0.440 e. The Hall–Kier alpha value is -2.46. The summed E-state index contributed by atoms with van der Waals surface area (Å²) >= 11 is 0. The summed E-state index contributed by atoms with van der Waals surface area (Å²) < 4.78 is 9.70. The van der Waals surface area contributed by atoms with E-state index in [9.17, 15) is 9.59 Å². The van der Waals surface area contributed by atoms with Gasteiger partial charge in [0, 0.05) is 14.1 Å². The van der Waals surface area contributed by atoms with Gasteiger partial charge in [-0.15, -0.1) is 0 Å². The van der Waals surface area contributed by atoms with Crippen molar-refractivity contribution in [2.24, 2.45) is 0 Å². The third-order valence-electron chi connectivity index (χ3n) is 2.06. The fourth-order valence-corrected chi connectivity index (χ4v) is 0.891. The monoisotopic (exact) mass is 286 g/mol. The SMILES string of the molecule is CON(C)C(=O)Oc1cc(OC(=O)N(C)OC)ncn1. The molecule has 20 heavy (non-hydrogen) atoms. The van der Waals surface area contributed by atoms with Crippen LogP contribution in [0.1, 0.15) is 0 Å². The van der Waals surface area contributed by atoms with Gasteiger partial charge in [-0.3, -0.25) is 9.68 Å². The molecular weight excluding hydrogens is 272 g/mol. The molecule has 0 aromatic carbocycles. The van der Waals surface area contributed by atoms with Crippen LogP contribution in [0.3, 0.4) is 0 Å². The molecule has 1 aromatic heterocycles. The van der Waals surface area contributed by atoms with E-state index in [1.807, 2.05) is 0 Å². The molecule has 0 atom stereocenters. The first-order valence-electron chi connectivity index (χ1n) is 5.29. The molecule has 10 heteroatoms. The molecule has 0 fully saturated rings. The van der Waals surface area contributed by atoms with Crippen LogP contribution in [0.2, 0.25) is 0 Å². The van der Waals surface area contributed by atoms with E-state index in [2.05, 4.69) is 19.6 Å². The van der Waals surface area contributed by atoms with Crippen LogP contribution in [-0.2, 0) is 9.68 Å². The highest BCUT2D eigenvalue weighted by Gasteiger charge is 2.15. The molecule has 2 amide bonds. The van der Waals surface area contributed by atoms with Gasteiger partial charge in [0.2, 0.25) is 11.8 Å². The van der Waals surface area contributed by atoms with E-state index in [1.54, 1.807) is 0 Å². The van der Waals surface area contributed by atoms with Crippen molar-refractivity contribution in [3.63, 3.8) is 0 Å². The number of rotatable bonds is 4. The lowest BCUT2D eigenvalue weighted by Gasteiger charge is -2.14. The Bertz CT molecular complexity index is 443. The van der Waals surface area contributed by atoms with Crippen molar-refractivity contribution in [1.82, 2.24) is 20.1 Å². The maximum absolute atomic E-state index is 11.4. The molecule has 0 radical (unpaired) electrons. The highest BCUT2D eigenvalue weighted by molar-refractivity contribution is 5.70. The van der Waals surface area contributed by atoms with E-state index >= 15 is 0 Å². The molecule has 0 unspecified atom stereocenters. The fourth-order valence-electron chi connectivity index (χ4n) is 0.891. The number of hydrogen-bond donors (Lipinski definition) is 0. The average Bonchev–Trinajstić information content (AvgIpc) is 2.45. The second-order valence-corrected chi connectivity index (χ2v) is 3.29. The summed E-state index contributed by atoms with van der Waals surface area (Å²) in [6.07, 6.45) is -0.514. The number of aromatic nitrogens is 2. The highest BCUT2D eigenvalue weighted by Crippen LogP contribution is 2.14. The van der Waals surface area contributed by atoms with Crippen molar-refractivity contribution >= 4 is 12.2 Å². The third kappa shape index (κ3) is 4.33. The highest BCUT2D eigenvalue weighted by atomic mass is 16.7. The quantitative estimate of drug-likeness (QED) is 0.735. The van der Waals surface area contributed by atoms with Crippen LogP contribution in [0, 0.1) is 0 Å². The lowest BCUT2D eigenvalue weighted by molar-refractivity contribution is -0.0800. The Labute approximate surface area is 114 Å². The molecule has 0 aliphatic rings. The van der Waals surface area contributed by atoms with Crippen molar-refractivity contribution < 1.29 is 28.7 Å². The first-order chi connectivity index (χ1) is 9.47. The van der Waals surface area contributed by atoms with Gasteiger partial charge in [0.05, 0.1) is 20.3 Å². The topological polar surface area (TPSA) is 103 Å². The van der Waals surface area contributed by atoms with Gasteiger partial charge in [-0.25, -0.2) is 19.6 Å². The summed E-state index contributed by atoms with van der Waals surface area (Å²) in [6, 6.07) is 1.17. The summed E-state index contributed by atoms with van der Waals surface area (Å²) in [6.45, 7) is 0. The molecule has 0 saturated carbocycles. The molecule has 10 nitrogen and oxygen atoms in total. The van der Waals surface area contributed by atoms with Crippen LogP contribution in [-0.4, -0.2) is 60.6 Å². The number of carbonyl (C=O) groups is 2. The Kier molecular flexibility index (Phi) is 5.62. The summed E-state index contributed by atoms with van der Waals surface area (Å²) in [5.74, 6) is -0.200. The van der Waals surface area contributed by atoms with E-state index in [0.717, 1.165) is 16.5 Å².